The molecule has 0 saturated carbocycles. The predicted molar refractivity (Wildman–Crippen MR) is 108 cm³/mol. The van der Waals surface area contributed by atoms with Gasteiger partial charge in [0.1, 0.15) is 23.8 Å². The standard InChI is InChI=1S/C21H26N4O4/c1-24-10-12-25(13-11-24)21(27)19-15-16(7-8-22-19)20(26)23-9-14-29-18-5-3-17(28-2)4-6-18/h3-8,15H,9-14H2,1-2H3,(H,23,26). The van der Waals surface area contributed by atoms with Crippen molar-refractivity contribution in [3.8, 4) is 11.5 Å². The van der Waals surface area contributed by atoms with Gasteiger partial charge in [0.15, 0.2) is 0 Å². The first-order chi connectivity index (χ1) is 14.1. The number of methoxy groups -OCH3 is 1. The van der Waals surface area contributed by atoms with Crippen LogP contribution in [0, 0.1) is 0 Å². The molecular formula is C21H26N4O4. The van der Waals surface area contributed by atoms with Gasteiger partial charge in [0, 0.05) is 37.9 Å². The smallest absolute Gasteiger partial charge is 0.272 e. The lowest BCUT2D eigenvalue weighted by atomic mass is 10.2. The molecule has 3 rings (SSSR count). The zero-order valence-corrected chi connectivity index (χ0v) is 16.8. The van der Waals surface area contributed by atoms with E-state index in [2.05, 4.69) is 15.2 Å². The van der Waals surface area contributed by atoms with Gasteiger partial charge in [-0.25, -0.2) is 0 Å². The van der Waals surface area contributed by atoms with Crippen LogP contribution in [0.15, 0.2) is 42.6 Å². The maximum Gasteiger partial charge on any atom is 0.272 e. The number of aromatic nitrogens is 1. The van der Waals surface area contributed by atoms with E-state index in [0.29, 0.717) is 37.6 Å². The molecule has 0 aliphatic carbocycles. The number of rotatable bonds is 7. The van der Waals surface area contributed by atoms with Gasteiger partial charge in [0.2, 0.25) is 0 Å². The monoisotopic (exact) mass is 398 g/mol. The Hall–Kier alpha value is -3.13. The van der Waals surface area contributed by atoms with Crippen molar-refractivity contribution >= 4 is 11.8 Å². The lowest BCUT2D eigenvalue weighted by Gasteiger charge is -2.32. The number of pyridine rings is 1. The van der Waals surface area contributed by atoms with Gasteiger partial charge in [-0.1, -0.05) is 0 Å². The van der Waals surface area contributed by atoms with Crippen molar-refractivity contribution in [3.05, 3.63) is 53.9 Å². The summed E-state index contributed by atoms with van der Waals surface area (Å²) >= 11 is 0. The highest BCUT2D eigenvalue weighted by molar-refractivity contribution is 5.98. The number of carbonyl (C=O) groups is 2. The highest BCUT2D eigenvalue weighted by atomic mass is 16.5. The SMILES string of the molecule is COc1ccc(OCCNC(=O)c2ccnc(C(=O)N3CCN(C)CC3)c2)cc1. The molecule has 1 aromatic heterocycles. The number of amides is 2. The van der Waals surface area contributed by atoms with Crippen LogP contribution in [0.25, 0.3) is 0 Å². The summed E-state index contributed by atoms with van der Waals surface area (Å²) in [6.45, 7) is 3.66. The normalized spacial score (nSPS) is 14.3. The maximum absolute atomic E-state index is 12.6. The van der Waals surface area contributed by atoms with Gasteiger partial charge in [0.05, 0.1) is 13.7 Å². The number of nitrogens with zero attached hydrogens (tertiary/aromatic N) is 3. The van der Waals surface area contributed by atoms with Crippen molar-refractivity contribution in [1.82, 2.24) is 20.1 Å². The van der Waals surface area contributed by atoms with Crippen molar-refractivity contribution < 1.29 is 19.1 Å². The van der Waals surface area contributed by atoms with Crippen LogP contribution in [0.1, 0.15) is 20.8 Å². The average Bonchev–Trinajstić information content (AvgIpc) is 2.77. The van der Waals surface area contributed by atoms with Crippen LogP contribution >= 0.6 is 0 Å². The first-order valence-corrected chi connectivity index (χ1v) is 9.56. The Kier molecular flexibility index (Phi) is 7.02. The number of nitrogens with one attached hydrogen (secondary N) is 1. The zero-order chi connectivity index (χ0) is 20.6. The van der Waals surface area contributed by atoms with Gasteiger partial charge < -0.3 is 24.6 Å². The average molecular weight is 398 g/mol. The Morgan fingerprint density at radius 3 is 2.45 bits per heavy atom. The molecule has 2 aromatic rings. The number of carbonyl (C=O) groups excluding carboxylic acids is 2. The summed E-state index contributed by atoms with van der Waals surface area (Å²) in [5.74, 6) is 1.04. The second-order valence-corrected chi connectivity index (χ2v) is 6.81. The quantitative estimate of drug-likeness (QED) is 0.708. The van der Waals surface area contributed by atoms with Gasteiger partial charge >= 0.3 is 0 Å². The van der Waals surface area contributed by atoms with Crippen LogP contribution in [0.2, 0.25) is 0 Å². The molecule has 0 bridgehead atoms. The summed E-state index contributed by atoms with van der Waals surface area (Å²) in [5.41, 5.74) is 0.693. The van der Waals surface area contributed by atoms with E-state index in [1.54, 1.807) is 36.3 Å². The van der Waals surface area contributed by atoms with E-state index in [0.717, 1.165) is 18.8 Å². The summed E-state index contributed by atoms with van der Waals surface area (Å²) in [7, 11) is 3.64. The van der Waals surface area contributed by atoms with Crippen LogP contribution in [0.5, 0.6) is 11.5 Å². The molecule has 2 heterocycles. The minimum Gasteiger partial charge on any atom is -0.497 e. The molecule has 1 fully saturated rings. The van der Waals surface area contributed by atoms with E-state index < -0.39 is 0 Å². The second kappa shape index (κ2) is 9.88. The Labute approximate surface area is 170 Å². The number of piperazine rings is 1. The van der Waals surface area contributed by atoms with Crippen LogP contribution in [0.3, 0.4) is 0 Å². The van der Waals surface area contributed by atoms with Gasteiger partial charge in [-0.3, -0.25) is 14.6 Å². The zero-order valence-electron chi connectivity index (χ0n) is 16.8. The Morgan fingerprint density at radius 1 is 1.07 bits per heavy atom. The van der Waals surface area contributed by atoms with Crippen LogP contribution in [0.4, 0.5) is 0 Å². The largest absolute Gasteiger partial charge is 0.497 e. The lowest BCUT2D eigenvalue weighted by molar-refractivity contribution is 0.0658. The number of ether oxygens (including phenoxy) is 2. The third kappa shape index (κ3) is 5.68. The van der Waals surface area contributed by atoms with Crippen molar-refractivity contribution in [2.45, 2.75) is 0 Å². The maximum atomic E-state index is 12.6. The molecule has 1 N–H and O–H groups in total. The Balaban J connectivity index is 1.49. The van der Waals surface area contributed by atoms with E-state index in [-0.39, 0.29) is 17.5 Å². The summed E-state index contributed by atoms with van der Waals surface area (Å²) in [5, 5.41) is 2.80. The number of hydrogen-bond acceptors (Lipinski definition) is 6. The van der Waals surface area contributed by atoms with Gasteiger partial charge in [-0.2, -0.15) is 0 Å². The molecule has 2 amide bonds. The van der Waals surface area contributed by atoms with Crippen LogP contribution in [-0.2, 0) is 0 Å². The molecule has 154 valence electrons. The van der Waals surface area contributed by atoms with E-state index in [1.807, 2.05) is 19.2 Å². The molecule has 1 aliphatic heterocycles. The van der Waals surface area contributed by atoms with E-state index in [1.165, 1.54) is 6.20 Å². The van der Waals surface area contributed by atoms with Gasteiger partial charge in [-0.05, 0) is 43.4 Å². The molecule has 29 heavy (non-hydrogen) atoms. The highest BCUT2D eigenvalue weighted by Gasteiger charge is 2.22. The van der Waals surface area contributed by atoms with Gasteiger partial charge in [-0.15, -0.1) is 0 Å². The van der Waals surface area contributed by atoms with Crippen molar-refractivity contribution in [2.75, 3.05) is 53.5 Å². The molecule has 0 spiro atoms. The molecule has 1 saturated heterocycles. The number of hydrogen-bond donors (Lipinski definition) is 1. The fraction of sp³-hybridized carbons (Fsp3) is 0.381. The molecule has 8 nitrogen and oxygen atoms in total. The van der Waals surface area contributed by atoms with Crippen molar-refractivity contribution in [2.24, 2.45) is 0 Å². The Bertz CT molecular complexity index is 833. The van der Waals surface area contributed by atoms with Crippen molar-refractivity contribution in [1.29, 1.82) is 0 Å². The molecule has 1 aliphatic rings. The van der Waals surface area contributed by atoms with Crippen molar-refractivity contribution in [3.63, 3.8) is 0 Å². The molecule has 0 atom stereocenters. The molecule has 1 aromatic carbocycles. The van der Waals surface area contributed by atoms with E-state index in [4.69, 9.17) is 9.47 Å². The Morgan fingerprint density at radius 2 is 1.76 bits per heavy atom. The summed E-state index contributed by atoms with van der Waals surface area (Å²) in [6.07, 6.45) is 1.49. The van der Waals surface area contributed by atoms with E-state index >= 15 is 0 Å². The fourth-order valence-electron chi connectivity index (χ4n) is 2.97. The topological polar surface area (TPSA) is 84.0 Å². The summed E-state index contributed by atoms with van der Waals surface area (Å²) < 4.78 is 10.7. The third-order valence-corrected chi connectivity index (χ3v) is 4.75. The summed E-state index contributed by atoms with van der Waals surface area (Å²) in [4.78, 5) is 33.1. The second-order valence-electron chi connectivity index (χ2n) is 6.81. The molecule has 0 radical (unpaired) electrons. The fourth-order valence-corrected chi connectivity index (χ4v) is 2.97. The minimum atomic E-state index is -0.266. The molecule has 8 heteroatoms. The lowest BCUT2D eigenvalue weighted by Crippen LogP contribution is -2.47. The third-order valence-electron chi connectivity index (χ3n) is 4.75. The van der Waals surface area contributed by atoms with E-state index in [9.17, 15) is 9.59 Å². The van der Waals surface area contributed by atoms with Crippen LogP contribution in [-0.4, -0.2) is 80.1 Å². The first-order valence-electron chi connectivity index (χ1n) is 9.56. The van der Waals surface area contributed by atoms with Crippen LogP contribution < -0.4 is 14.8 Å². The number of likely N-dealkylation sites (N-methyl/N-ethyl adjacent to an activating group) is 1. The van der Waals surface area contributed by atoms with Gasteiger partial charge in [0.25, 0.3) is 11.8 Å². The summed E-state index contributed by atoms with van der Waals surface area (Å²) in [6, 6.07) is 10.4. The number of benzene rings is 1. The predicted octanol–water partition coefficient (Wildman–Crippen LogP) is 1.29. The molecular weight excluding hydrogens is 372 g/mol. The highest BCUT2D eigenvalue weighted by Crippen LogP contribution is 2.16. The first kappa shape index (κ1) is 20.6. The molecule has 0 unspecified atom stereocenters. The minimum absolute atomic E-state index is 0.143.